The highest BCUT2D eigenvalue weighted by atomic mass is 16.5. The largest absolute Gasteiger partial charge is 0.489 e. The van der Waals surface area contributed by atoms with Gasteiger partial charge in [0.25, 0.3) is 0 Å². The molecule has 0 radical (unpaired) electrons. The minimum absolute atomic E-state index is 0.382. The van der Waals surface area contributed by atoms with Crippen LogP contribution < -0.4 is 9.47 Å². The minimum atomic E-state index is 0.382. The first-order chi connectivity index (χ1) is 7.36. The highest BCUT2D eigenvalue weighted by molar-refractivity contribution is 5.88. The Bertz CT molecular complexity index is 361. The standard InChI is InChI=1S/C11H10O4/c12-6-8-2-3-9(7-13)11-10(8)14-4-1-5-15-11/h2-3,6-7H,1,4-5H2. The van der Waals surface area contributed by atoms with Gasteiger partial charge in [-0.2, -0.15) is 0 Å². The van der Waals surface area contributed by atoms with Gasteiger partial charge in [-0.05, 0) is 12.1 Å². The Balaban J connectivity index is 2.58. The number of fused-ring (bicyclic) bond motifs is 1. The van der Waals surface area contributed by atoms with Crippen LogP contribution in [0.25, 0.3) is 0 Å². The first-order valence-electron chi connectivity index (χ1n) is 4.70. The van der Waals surface area contributed by atoms with Crippen molar-refractivity contribution in [1.82, 2.24) is 0 Å². The van der Waals surface area contributed by atoms with Crippen molar-refractivity contribution in [3.05, 3.63) is 23.3 Å². The van der Waals surface area contributed by atoms with E-state index in [0.29, 0.717) is 48.4 Å². The average molecular weight is 206 g/mol. The number of hydrogen-bond acceptors (Lipinski definition) is 4. The monoisotopic (exact) mass is 206 g/mol. The van der Waals surface area contributed by atoms with Gasteiger partial charge in [0.15, 0.2) is 24.1 Å². The molecule has 0 saturated carbocycles. The fourth-order valence-electron chi connectivity index (χ4n) is 1.48. The van der Waals surface area contributed by atoms with E-state index in [2.05, 4.69) is 0 Å². The molecule has 0 spiro atoms. The van der Waals surface area contributed by atoms with Crippen LogP contribution in [0, 0.1) is 0 Å². The van der Waals surface area contributed by atoms with Crippen LogP contribution in [0.3, 0.4) is 0 Å². The van der Waals surface area contributed by atoms with Crippen LogP contribution in [0.1, 0.15) is 27.1 Å². The Morgan fingerprint density at radius 1 is 0.933 bits per heavy atom. The summed E-state index contributed by atoms with van der Waals surface area (Å²) in [7, 11) is 0. The summed E-state index contributed by atoms with van der Waals surface area (Å²) in [6.45, 7) is 0.992. The lowest BCUT2D eigenvalue weighted by Gasteiger charge is -2.10. The van der Waals surface area contributed by atoms with Crippen LogP contribution in [-0.2, 0) is 0 Å². The minimum Gasteiger partial charge on any atom is -0.489 e. The van der Waals surface area contributed by atoms with Crippen LogP contribution in [0.2, 0.25) is 0 Å². The summed E-state index contributed by atoms with van der Waals surface area (Å²) >= 11 is 0. The molecule has 4 heteroatoms. The Hall–Kier alpha value is -1.84. The molecule has 15 heavy (non-hydrogen) atoms. The van der Waals surface area contributed by atoms with E-state index in [1.807, 2.05) is 0 Å². The Morgan fingerprint density at radius 3 is 1.80 bits per heavy atom. The van der Waals surface area contributed by atoms with Gasteiger partial charge >= 0.3 is 0 Å². The maximum atomic E-state index is 10.8. The molecule has 4 nitrogen and oxygen atoms in total. The zero-order chi connectivity index (χ0) is 10.7. The molecule has 1 aliphatic heterocycles. The molecule has 2 rings (SSSR count). The van der Waals surface area contributed by atoms with E-state index < -0.39 is 0 Å². The predicted octanol–water partition coefficient (Wildman–Crippen LogP) is 1.47. The zero-order valence-corrected chi connectivity index (χ0v) is 8.06. The van der Waals surface area contributed by atoms with Crippen molar-refractivity contribution in [1.29, 1.82) is 0 Å². The quantitative estimate of drug-likeness (QED) is 0.687. The second kappa shape index (κ2) is 4.13. The van der Waals surface area contributed by atoms with Crippen molar-refractivity contribution < 1.29 is 19.1 Å². The highest BCUT2D eigenvalue weighted by Gasteiger charge is 2.18. The molecule has 0 bridgehead atoms. The molecule has 1 aromatic rings. The number of rotatable bonds is 2. The summed E-state index contributed by atoms with van der Waals surface area (Å²) in [5, 5.41) is 0. The smallest absolute Gasteiger partial charge is 0.172 e. The number of benzene rings is 1. The second-order valence-corrected chi connectivity index (χ2v) is 3.19. The lowest BCUT2D eigenvalue weighted by molar-refractivity contribution is 0.110. The maximum absolute atomic E-state index is 10.8. The predicted molar refractivity (Wildman–Crippen MR) is 52.8 cm³/mol. The summed E-state index contributed by atoms with van der Waals surface area (Å²) in [6.07, 6.45) is 2.13. The fourth-order valence-corrected chi connectivity index (χ4v) is 1.48. The number of hydrogen-bond donors (Lipinski definition) is 0. The lowest BCUT2D eigenvalue weighted by atomic mass is 10.1. The molecular formula is C11H10O4. The second-order valence-electron chi connectivity index (χ2n) is 3.19. The Kier molecular flexibility index (Phi) is 2.67. The van der Waals surface area contributed by atoms with E-state index in [4.69, 9.17) is 9.47 Å². The third kappa shape index (κ3) is 1.70. The molecule has 78 valence electrons. The topological polar surface area (TPSA) is 52.6 Å². The zero-order valence-electron chi connectivity index (χ0n) is 8.06. The highest BCUT2D eigenvalue weighted by Crippen LogP contribution is 2.35. The van der Waals surface area contributed by atoms with E-state index in [9.17, 15) is 9.59 Å². The van der Waals surface area contributed by atoms with Crippen LogP contribution in [0.5, 0.6) is 11.5 Å². The van der Waals surface area contributed by atoms with E-state index >= 15 is 0 Å². The molecule has 0 atom stereocenters. The molecule has 1 aliphatic rings. The molecule has 0 N–H and O–H groups in total. The number of aldehydes is 2. The van der Waals surface area contributed by atoms with Crippen LogP contribution in [0.15, 0.2) is 12.1 Å². The lowest BCUT2D eigenvalue weighted by Crippen LogP contribution is -1.98. The molecule has 1 aromatic carbocycles. The van der Waals surface area contributed by atoms with E-state index in [1.54, 1.807) is 12.1 Å². The molecule has 0 amide bonds. The van der Waals surface area contributed by atoms with Gasteiger partial charge in [-0.1, -0.05) is 0 Å². The third-order valence-corrected chi connectivity index (χ3v) is 2.21. The maximum Gasteiger partial charge on any atom is 0.172 e. The van der Waals surface area contributed by atoms with E-state index in [0.717, 1.165) is 6.42 Å². The molecule has 0 unspecified atom stereocenters. The summed E-state index contributed by atoms with van der Waals surface area (Å²) < 4.78 is 10.8. The normalized spacial score (nSPS) is 14.1. The van der Waals surface area contributed by atoms with Gasteiger partial charge in [0.05, 0.1) is 24.3 Å². The molecule has 0 aliphatic carbocycles. The molecule has 0 aromatic heterocycles. The van der Waals surface area contributed by atoms with E-state index in [1.165, 1.54) is 0 Å². The van der Waals surface area contributed by atoms with Gasteiger partial charge in [-0.3, -0.25) is 9.59 Å². The first kappa shape index (κ1) is 9.71. The Morgan fingerprint density at radius 2 is 1.40 bits per heavy atom. The SMILES string of the molecule is O=Cc1ccc(C=O)c2c1OCCCO2. The van der Waals surface area contributed by atoms with Crippen molar-refractivity contribution in [2.24, 2.45) is 0 Å². The fraction of sp³-hybridized carbons (Fsp3) is 0.273. The van der Waals surface area contributed by atoms with E-state index in [-0.39, 0.29) is 0 Å². The van der Waals surface area contributed by atoms with Gasteiger partial charge < -0.3 is 9.47 Å². The van der Waals surface area contributed by atoms with Crippen LogP contribution in [0.4, 0.5) is 0 Å². The van der Waals surface area contributed by atoms with Crippen molar-refractivity contribution >= 4 is 12.6 Å². The number of carbonyl (C=O) groups excluding carboxylic acids is 2. The summed E-state index contributed by atoms with van der Waals surface area (Å²) in [5.41, 5.74) is 0.829. The van der Waals surface area contributed by atoms with Gasteiger partial charge in [0.2, 0.25) is 0 Å². The molecule has 0 saturated heterocycles. The molecular weight excluding hydrogens is 196 g/mol. The molecule has 1 heterocycles. The van der Waals surface area contributed by atoms with Crippen molar-refractivity contribution in [2.75, 3.05) is 13.2 Å². The Labute approximate surface area is 86.8 Å². The van der Waals surface area contributed by atoms with Crippen molar-refractivity contribution in [3.8, 4) is 11.5 Å². The number of carbonyl (C=O) groups is 2. The summed E-state index contributed by atoms with van der Waals surface area (Å²) in [6, 6.07) is 3.12. The number of ether oxygens (including phenoxy) is 2. The van der Waals surface area contributed by atoms with Gasteiger partial charge in [0, 0.05) is 6.42 Å². The van der Waals surface area contributed by atoms with Crippen LogP contribution in [-0.4, -0.2) is 25.8 Å². The summed E-state index contributed by atoms with van der Waals surface area (Å²) in [5.74, 6) is 0.763. The van der Waals surface area contributed by atoms with Crippen molar-refractivity contribution in [3.63, 3.8) is 0 Å². The first-order valence-corrected chi connectivity index (χ1v) is 4.70. The molecule has 0 fully saturated rings. The average Bonchev–Trinajstić information content (AvgIpc) is 2.53. The van der Waals surface area contributed by atoms with Gasteiger partial charge in [-0.25, -0.2) is 0 Å². The van der Waals surface area contributed by atoms with Crippen LogP contribution >= 0.6 is 0 Å². The van der Waals surface area contributed by atoms with Gasteiger partial charge in [-0.15, -0.1) is 0 Å². The van der Waals surface area contributed by atoms with Crippen molar-refractivity contribution in [2.45, 2.75) is 6.42 Å². The third-order valence-electron chi connectivity index (χ3n) is 2.21. The van der Waals surface area contributed by atoms with Gasteiger partial charge in [0.1, 0.15) is 0 Å². The summed E-state index contributed by atoms with van der Waals surface area (Å²) in [4.78, 5) is 21.5.